The molecular formula is C51H48BNO2. The Hall–Kier alpha value is -5.81. The summed E-state index contributed by atoms with van der Waals surface area (Å²) in [5, 5.41) is 0. The zero-order chi connectivity index (χ0) is 37.7. The molecule has 0 saturated carbocycles. The predicted molar refractivity (Wildman–Crippen MR) is 230 cm³/mol. The van der Waals surface area contributed by atoms with Gasteiger partial charge in [0, 0.05) is 18.1 Å². The first-order valence-electron chi connectivity index (χ1n) is 19.5. The molecule has 3 atom stereocenters. The standard InChI is InChI=1S/C27H28NO2.C24H20B/c1-19-22-14-9-10-16-24(22)23-15-8-7-13-21(23)17-28(19)25-18-29-27(2,3)30-26(25)20-11-5-4-6-12-20;1-5-13-21(14-6-1)25(22-15-7-2-8-16-22,23-17-9-3-10-18-23)24-19-11-4-12-20-24/h4-17,19,25-26H,18H2,1-3H3;1-20H/q+1;-1/t19-,25+,26+;/m1./s1. The second-order valence-corrected chi connectivity index (χ2v) is 15.2. The van der Waals surface area contributed by atoms with Crippen molar-refractivity contribution in [2.75, 3.05) is 6.61 Å². The molecule has 2 aliphatic rings. The summed E-state index contributed by atoms with van der Waals surface area (Å²) in [4.78, 5) is 0. The lowest BCUT2D eigenvalue weighted by atomic mass is 9.13. The molecule has 0 radical (unpaired) electrons. The molecule has 1 saturated heterocycles. The Kier molecular flexibility index (Phi) is 10.5. The van der Waals surface area contributed by atoms with Gasteiger partial charge in [-0.05, 0) is 36.6 Å². The molecule has 2 aliphatic heterocycles. The van der Waals surface area contributed by atoms with Gasteiger partial charge < -0.3 is 9.47 Å². The monoisotopic (exact) mass is 717 g/mol. The van der Waals surface area contributed by atoms with E-state index in [2.05, 4.69) is 218 Å². The van der Waals surface area contributed by atoms with Crippen LogP contribution in [0.4, 0.5) is 0 Å². The molecule has 272 valence electrons. The van der Waals surface area contributed by atoms with Crippen LogP contribution >= 0.6 is 0 Å². The van der Waals surface area contributed by atoms with Gasteiger partial charge in [-0.2, -0.15) is 21.9 Å². The van der Waals surface area contributed by atoms with E-state index in [4.69, 9.17) is 9.47 Å². The van der Waals surface area contributed by atoms with Gasteiger partial charge in [-0.15, -0.1) is 0 Å². The van der Waals surface area contributed by atoms with E-state index < -0.39 is 11.9 Å². The Balaban J connectivity index is 0.000000158. The van der Waals surface area contributed by atoms with Crippen molar-refractivity contribution in [2.24, 2.45) is 0 Å². The lowest BCUT2D eigenvalue weighted by molar-refractivity contribution is -0.626. The average Bonchev–Trinajstić information content (AvgIpc) is 3.37. The summed E-state index contributed by atoms with van der Waals surface area (Å²) in [6.45, 7) is 6.89. The minimum absolute atomic E-state index is 0.0645. The van der Waals surface area contributed by atoms with E-state index in [1.54, 1.807) is 0 Å². The third kappa shape index (κ3) is 7.24. The Morgan fingerprint density at radius 3 is 1.44 bits per heavy atom. The minimum Gasteiger partial charge on any atom is -0.343 e. The lowest BCUT2D eigenvalue weighted by Crippen LogP contribution is -2.74. The molecule has 0 aromatic heterocycles. The first-order chi connectivity index (χ1) is 27.0. The average molecular weight is 718 g/mol. The van der Waals surface area contributed by atoms with Gasteiger partial charge in [0.25, 0.3) is 0 Å². The highest BCUT2D eigenvalue weighted by Gasteiger charge is 2.45. The molecule has 7 aromatic carbocycles. The van der Waals surface area contributed by atoms with Crippen LogP contribution < -0.4 is 21.9 Å². The fraction of sp³-hybridized carbons (Fsp3) is 0.157. The maximum Gasteiger partial charge on any atom is 0.206 e. The summed E-state index contributed by atoms with van der Waals surface area (Å²) >= 11 is 0. The Morgan fingerprint density at radius 1 is 0.509 bits per heavy atom. The number of rotatable bonds is 6. The molecule has 0 bridgehead atoms. The second kappa shape index (κ2) is 15.9. The van der Waals surface area contributed by atoms with Crippen molar-refractivity contribution in [3.63, 3.8) is 0 Å². The van der Waals surface area contributed by atoms with E-state index in [0.29, 0.717) is 6.61 Å². The highest BCUT2D eigenvalue weighted by molar-refractivity contribution is 7.19. The van der Waals surface area contributed by atoms with Crippen molar-refractivity contribution in [2.45, 2.75) is 44.7 Å². The minimum atomic E-state index is -1.22. The van der Waals surface area contributed by atoms with Crippen molar-refractivity contribution in [3.05, 3.63) is 217 Å². The molecule has 2 heterocycles. The van der Waals surface area contributed by atoms with Crippen molar-refractivity contribution in [1.82, 2.24) is 0 Å². The molecule has 4 heteroatoms. The van der Waals surface area contributed by atoms with Crippen molar-refractivity contribution in [3.8, 4) is 11.1 Å². The number of hydrogen-bond donors (Lipinski definition) is 0. The topological polar surface area (TPSA) is 21.5 Å². The van der Waals surface area contributed by atoms with Gasteiger partial charge in [-0.25, -0.2) is 4.58 Å². The quantitative estimate of drug-likeness (QED) is 0.127. The number of fused-ring (bicyclic) bond motifs is 3. The van der Waals surface area contributed by atoms with E-state index in [1.807, 2.05) is 13.8 Å². The third-order valence-electron chi connectivity index (χ3n) is 11.5. The third-order valence-corrected chi connectivity index (χ3v) is 11.5. The Labute approximate surface area is 326 Å². The van der Waals surface area contributed by atoms with Crippen LogP contribution in [0.5, 0.6) is 0 Å². The smallest absolute Gasteiger partial charge is 0.206 e. The fourth-order valence-corrected chi connectivity index (χ4v) is 8.87. The largest absolute Gasteiger partial charge is 0.343 e. The first kappa shape index (κ1) is 36.2. The SMILES string of the molecule is C[C@@H]1c2ccccc2-c2ccccc2C=[N+]1[C@H]1COC(C)(C)O[C@H]1c1ccccc1.c1ccc([B-](c2ccccc2)(c2ccccc2)c2ccccc2)cc1. The van der Waals surface area contributed by atoms with E-state index in [0.717, 1.165) is 0 Å². The Morgan fingerprint density at radius 2 is 0.927 bits per heavy atom. The summed E-state index contributed by atoms with van der Waals surface area (Å²) in [5.41, 5.74) is 11.7. The number of ether oxygens (including phenoxy) is 2. The van der Waals surface area contributed by atoms with Gasteiger partial charge in [-0.1, -0.05) is 194 Å². The fourth-order valence-electron chi connectivity index (χ4n) is 8.87. The molecule has 0 unspecified atom stereocenters. The van der Waals surface area contributed by atoms with Gasteiger partial charge in [0.2, 0.25) is 6.04 Å². The van der Waals surface area contributed by atoms with Gasteiger partial charge in [0.15, 0.2) is 18.0 Å². The number of nitrogens with zero attached hydrogens (tertiary/aromatic N) is 1. The molecule has 9 rings (SSSR count). The zero-order valence-corrected chi connectivity index (χ0v) is 31.9. The maximum atomic E-state index is 6.51. The zero-order valence-electron chi connectivity index (χ0n) is 31.9. The molecule has 0 amide bonds. The molecule has 0 aliphatic carbocycles. The summed E-state index contributed by atoms with van der Waals surface area (Å²) in [6.07, 6.45) is 1.00. The molecule has 7 aromatic rings. The highest BCUT2D eigenvalue weighted by Crippen LogP contribution is 2.40. The van der Waals surface area contributed by atoms with E-state index in [-0.39, 0.29) is 18.2 Å². The summed E-state index contributed by atoms with van der Waals surface area (Å²) in [7, 11) is 0. The van der Waals surface area contributed by atoms with Crippen LogP contribution in [0, 0.1) is 0 Å². The normalized spacial score (nSPS) is 18.7. The number of benzene rings is 7. The maximum absolute atomic E-state index is 6.51. The van der Waals surface area contributed by atoms with Crippen LogP contribution in [0.1, 0.15) is 49.6 Å². The van der Waals surface area contributed by atoms with Crippen molar-refractivity contribution < 1.29 is 14.0 Å². The molecule has 0 N–H and O–H groups in total. The van der Waals surface area contributed by atoms with E-state index in [1.165, 1.54) is 49.7 Å². The van der Waals surface area contributed by atoms with Crippen LogP contribution in [0.15, 0.2) is 200 Å². The lowest BCUT2D eigenvalue weighted by Gasteiger charge is -2.44. The molecule has 55 heavy (non-hydrogen) atoms. The molecule has 0 spiro atoms. The predicted octanol–water partition coefficient (Wildman–Crippen LogP) is 8.82. The van der Waals surface area contributed by atoms with Crippen LogP contribution in [-0.2, 0) is 9.47 Å². The van der Waals surface area contributed by atoms with E-state index >= 15 is 0 Å². The first-order valence-corrected chi connectivity index (χ1v) is 19.5. The molecular weight excluding hydrogens is 669 g/mol. The van der Waals surface area contributed by atoms with Gasteiger partial charge in [0.1, 0.15) is 18.9 Å². The summed E-state index contributed by atoms with van der Waals surface area (Å²) in [5.74, 6) is -0.609. The summed E-state index contributed by atoms with van der Waals surface area (Å²) < 4.78 is 15.1. The second-order valence-electron chi connectivity index (χ2n) is 15.2. The van der Waals surface area contributed by atoms with Gasteiger partial charge >= 0.3 is 0 Å². The highest BCUT2D eigenvalue weighted by atomic mass is 16.7. The van der Waals surface area contributed by atoms with Crippen LogP contribution in [0.3, 0.4) is 0 Å². The van der Waals surface area contributed by atoms with Crippen LogP contribution in [0.2, 0.25) is 0 Å². The van der Waals surface area contributed by atoms with Gasteiger partial charge in [-0.3, -0.25) is 0 Å². The van der Waals surface area contributed by atoms with Crippen molar-refractivity contribution in [1.29, 1.82) is 0 Å². The molecule has 3 nitrogen and oxygen atoms in total. The van der Waals surface area contributed by atoms with Crippen LogP contribution in [0.25, 0.3) is 11.1 Å². The Bertz CT molecular complexity index is 2180. The van der Waals surface area contributed by atoms with Crippen molar-refractivity contribution >= 4 is 34.2 Å². The molecule has 1 fully saturated rings. The van der Waals surface area contributed by atoms with Gasteiger partial charge in [0.05, 0.1) is 0 Å². The van der Waals surface area contributed by atoms with Crippen LogP contribution in [-0.4, -0.2) is 35.4 Å². The summed E-state index contributed by atoms with van der Waals surface area (Å²) in [6, 6.07) is 71.7. The van der Waals surface area contributed by atoms with E-state index in [9.17, 15) is 0 Å². The number of hydrogen-bond acceptors (Lipinski definition) is 2.